The zero-order valence-electron chi connectivity index (χ0n) is 10.6. The zero-order chi connectivity index (χ0) is 13.1. The number of fused-ring (bicyclic) bond motifs is 1. The monoisotopic (exact) mass is 254 g/mol. The summed E-state index contributed by atoms with van der Waals surface area (Å²) < 4.78 is 0. The van der Waals surface area contributed by atoms with Crippen LogP contribution in [0.25, 0.3) is 0 Å². The van der Waals surface area contributed by atoms with Crippen molar-refractivity contribution in [1.29, 1.82) is 0 Å². The molecule has 2 N–H and O–H groups in total. The minimum atomic E-state index is -0.436. The van der Waals surface area contributed by atoms with Gasteiger partial charge in [0, 0.05) is 0 Å². The number of nitrogens with two attached hydrogens (primary N) is 1. The molecule has 5 heteroatoms. The Bertz CT molecular complexity index is 393. The van der Waals surface area contributed by atoms with Crippen molar-refractivity contribution in [3.05, 3.63) is 0 Å². The van der Waals surface area contributed by atoms with Crippen molar-refractivity contribution in [3.63, 3.8) is 0 Å². The Kier molecular flexibility index (Phi) is 2.58. The Morgan fingerprint density at radius 2 is 1.71 bits per heavy atom. The molecule has 0 aromatic rings. The van der Waals surface area contributed by atoms with Crippen LogP contribution in [0.15, 0.2) is 0 Å². The zero-order valence-corrected chi connectivity index (χ0v) is 11.4. The normalized spacial score (nSPS) is 31.7. The van der Waals surface area contributed by atoms with Crippen molar-refractivity contribution in [1.82, 2.24) is 4.90 Å². The van der Waals surface area contributed by atoms with Crippen LogP contribution in [0.3, 0.4) is 0 Å². The van der Waals surface area contributed by atoms with Gasteiger partial charge in [0.1, 0.15) is 0 Å². The number of hydrogen-bond acceptors (Lipinski definition) is 3. The minimum absolute atomic E-state index is 0.0565. The third-order valence-electron chi connectivity index (χ3n) is 4.04. The van der Waals surface area contributed by atoms with Crippen LogP contribution in [0.2, 0.25) is 0 Å². The molecule has 1 heterocycles. The first-order valence-electron chi connectivity index (χ1n) is 5.87. The lowest BCUT2D eigenvalue weighted by atomic mass is 9.99. The van der Waals surface area contributed by atoms with Crippen LogP contribution < -0.4 is 5.73 Å². The highest BCUT2D eigenvalue weighted by Crippen LogP contribution is 2.63. The lowest BCUT2D eigenvalue weighted by Gasteiger charge is -2.31. The molecule has 3 unspecified atom stereocenters. The van der Waals surface area contributed by atoms with Gasteiger partial charge in [-0.15, -0.1) is 0 Å². The van der Waals surface area contributed by atoms with Gasteiger partial charge in [0.25, 0.3) is 0 Å². The van der Waals surface area contributed by atoms with Crippen LogP contribution >= 0.6 is 12.2 Å². The van der Waals surface area contributed by atoms with Crippen molar-refractivity contribution in [2.45, 2.75) is 33.7 Å². The summed E-state index contributed by atoms with van der Waals surface area (Å²) in [5.74, 6) is -0.467. The summed E-state index contributed by atoms with van der Waals surface area (Å²) >= 11 is 4.98. The minimum Gasteiger partial charge on any atom is -0.392 e. The molecule has 17 heavy (non-hydrogen) atoms. The summed E-state index contributed by atoms with van der Waals surface area (Å²) in [6, 6.07) is -0.436. The summed E-state index contributed by atoms with van der Waals surface area (Å²) in [7, 11) is 0. The predicted octanol–water partition coefficient (Wildman–Crippen LogP) is 0.938. The molecule has 0 aromatic heterocycles. The topological polar surface area (TPSA) is 63.4 Å². The van der Waals surface area contributed by atoms with E-state index in [9.17, 15) is 9.59 Å². The average molecular weight is 254 g/mol. The van der Waals surface area contributed by atoms with E-state index in [0.29, 0.717) is 0 Å². The second kappa shape index (κ2) is 3.51. The maximum Gasteiger partial charge on any atom is 0.234 e. The summed E-state index contributed by atoms with van der Waals surface area (Å²) in [5.41, 5.74) is 5.48. The van der Waals surface area contributed by atoms with Crippen molar-refractivity contribution in [2.75, 3.05) is 0 Å². The smallest absolute Gasteiger partial charge is 0.234 e. The van der Waals surface area contributed by atoms with E-state index >= 15 is 0 Å². The molecule has 0 radical (unpaired) electrons. The largest absolute Gasteiger partial charge is 0.392 e. The summed E-state index contributed by atoms with van der Waals surface area (Å²) in [5, 5.41) is 0. The third-order valence-corrected chi connectivity index (χ3v) is 4.28. The fourth-order valence-corrected chi connectivity index (χ4v) is 3.37. The molecule has 94 valence electrons. The highest BCUT2D eigenvalue weighted by Gasteiger charge is 2.73. The summed E-state index contributed by atoms with van der Waals surface area (Å²) in [6.45, 7) is 7.75. The number of carbonyl (C=O) groups is 2. The van der Waals surface area contributed by atoms with E-state index in [1.807, 2.05) is 27.7 Å². The first-order chi connectivity index (χ1) is 7.71. The Morgan fingerprint density at radius 3 is 2.00 bits per heavy atom. The first-order valence-corrected chi connectivity index (χ1v) is 6.28. The molecular weight excluding hydrogens is 236 g/mol. The average Bonchev–Trinajstić information content (AvgIpc) is 2.63. The Morgan fingerprint density at radius 1 is 1.29 bits per heavy atom. The van der Waals surface area contributed by atoms with E-state index in [4.69, 9.17) is 18.0 Å². The van der Waals surface area contributed by atoms with E-state index in [0.717, 1.165) is 0 Å². The van der Waals surface area contributed by atoms with Crippen molar-refractivity contribution < 1.29 is 9.59 Å². The molecule has 1 aliphatic heterocycles. The van der Waals surface area contributed by atoms with Gasteiger partial charge in [0.2, 0.25) is 11.8 Å². The number of likely N-dealkylation sites (tertiary alicyclic amines) is 1. The van der Waals surface area contributed by atoms with Crippen LogP contribution in [-0.2, 0) is 9.59 Å². The Labute approximate surface area is 107 Å². The molecule has 2 amide bonds. The van der Waals surface area contributed by atoms with Gasteiger partial charge in [-0.05, 0) is 11.3 Å². The van der Waals surface area contributed by atoms with Gasteiger partial charge in [-0.25, -0.2) is 0 Å². The molecular formula is C12H18N2O2S. The highest BCUT2D eigenvalue weighted by molar-refractivity contribution is 7.80. The number of amides is 2. The maximum atomic E-state index is 12.2. The summed E-state index contributed by atoms with van der Waals surface area (Å²) in [6.07, 6.45) is 0. The highest BCUT2D eigenvalue weighted by atomic mass is 32.1. The number of piperidine rings is 1. The number of imide groups is 1. The van der Waals surface area contributed by atoms with Gasteiger partial charge < -0.3 is 5.73 Å². The van der Waals surface area contributed by atoms with Crippen molar-refractivity contribution in [2.24, 2.45) is 28.9 Å². The molecule has 2 aliphatic rings. The van der Waals surface area contributed by atoms with E-state index in [1.165, 1.54) is 4.90 Å². The van der Waals surface area contributed by atoms with E-state index in [1.54, 1.807) is 0 Å². The van der Waals surface area contributed by atoms with E-state index in [-0.39, 0.29) is 40.0 Å². The number of nitrogens with zero attached hydrogens (tertiary/aromatic N) is 1. The fourth-order valence-electron chi connectivity index (χ4n) is 3.00. The number of rotatable bonds is 3. The number of thiocarbonyl (C=S) groups is 1. The molecule has 1 saturated carbocycles. The van der Waals surface area contributed by atoms with Gasteiger partial charge in [-0.2, -0.15) is 0 Å². The SMILES string of the molecule is CC(C)C(C(N)=S)N1C(=O)C2C(C1=O)C2(C)C. The molecule has 2 fully saturated rings. The van der Waals surface area contributed by atoms with Crippen molar-refractivity contribution in [3.8, 4) is 0 Å². The quantitative estimate of drug-likeness (QED) is 0.601. The maximum absolute atomic E-state index is 12.2. The summed E-state index contributed by atoms with van der Waals surface area (Å²) in [4.78, 5) is 25.9. The molecule has 0 bridgehead atoms. The fraction of sp³-hybridized carbons (Fsp3) is 0.750. The predicted molar refractivity (Wildman–Crippen MR) is 68.0 cm³/mol. The van der Waals surface area contributed by atoms with Crippen LogP contribution in [0, 0.1) is 23.2 Å². The van der Waals surface area contributed by atoms with E-state index in [2.05, 4.69) is 0 Å². The lowest BCUT2D eigenvalue weighted by molar-refractivity contribution is -0.145. The van der Waals surface area contributed by atoms with Crippen LogP contribution in [0.1, 0.15) is 27.7 Å². The first kappa shape index (κ1) is 12.5. The van der Waals surface area contributed by atoms with Crippen LogP contribution in [0.4, 0.5) is 0 Å². The second-order valence-electron chi connectivity index (χ2n) is 5.91. The van der Waals surface area contributed by atoms with Gasteiger partial charge in [-0.1, -0.05) is 39.9 Å². The molecule has 2 rings (SSSR count). The van der Waals surface area contributed by atoms with Gasteiger partial charge in [0.05, 0.1) is 22.9 Å². The van der Waals surface area contributed by atoms with Gasteiger partial charge in [0.15, 0.2) is 0 Å². The van der Waals surface area contributed by atoms with Crippen LogP contribution in [0.5, 0.6) is 0 Å². The molecule has 1 saturated heterocycles. The Balaban J connectivity index is 2.29. The number of hydrogen-bond donors (Lipinski definition) is 1. The van der Waals surface area contributed by atoms with Crippen LogP contribution in [-0.4, -0.2) is 27.7 Å². The Hall–Kier alpha value is -0.970. The third kappa shape index (κ3) is 1.52. The molecule has 1 aliphatic carbocycles. The van der Waals surface area contributed by atoms with Crippen molar-refractivity contribution >= 4 is 29.0 Å². The van der Waals surface area contributed by atoms with E-state index < -0.39 is 6.04 Å². The molecule has 0 aromatic carbocycles. The lowest BCUT2D eigenvalue weighted by Crippen LogP contribution is -2.52. The number of carbonyl (C=O) groups excluding carboxylic acids is 2. The standard InChI is InChI=1S/C12H18N2O2S/c1-5(2)8(9(13)17)14-10(15)6-7(11(14)16)12(6,3)4/h5-8H,1-4H3,(H2,13,17). The van der Waals surface area contributed by atoms with Gasteiger partial charge >= 0.3 is 0 Å². The van der Waals surface area contributed by atoms with Gasteiger partial charge in [-0.3, -0.25) is 14.5 Å². The second-order valence-corrected chi connectivity index (χ2v) is 6.39. The molecule has 3 atom stereocenters. The molecule has 0 spiro atoms. The molecule has 4 nitrogen and oxygen atoms in total.